The van der Waals surface area contributed by atoms with Gasteiger partial charge in [-0.25, -0.2) is 0 Å². The molecule has 0 atom stereocenters. The highest BCUT2D eigenvalue weighted by Crippen LogP contribution is 2.44. The monoisotopic (exact) mass is 406 g/mol. The number of rotatable bonds is 6. The molecule has 2 aromatic heterocycles. The number of benzene rings is 2. The Bertz CT molecular complexity index is 1150. The van der Waals surface area contributed by atoms with Gasteiger partial charge < -0.3 is 34.0 Å². The molecule has 4 heterocycles. The average Bonchev–Trinajstić information content (AvgIpc) is 3.54. The van der Waals surface area contributed by atoms with Gasteiger partial charge in [0.05, 0.1) is 0 Å². The van der Waals surface area contributed by atoms with Crippen LogP contribution in [0.4, 0.5) is 0 Å². The number of aliphatic hydroxyl groups is 1. The summed E-state index contributed by atoms with van der Waals surface area (Å²) < 4.78 is 22.3. The van der Waals surface area contributed by atoms with Crippen LogP contribution in [0.3, 0.4) is 0 Å². The lowest BCUT2D eigenvalue weighted by molar-refractivity contribution is 0.173. The average molecular weight is 406 g/mol. The Labute approximate surface area is 172 Å². The van der Waals surface area contributed by atoms with Crippen LogP contribution in [-0.2, 0) is 0 Å². The Kier molecular flexibility index (Phi) is 4.02. The molecular formula is C23H22N2O5. The lowest BCUT2D eigenvalue weighted by Gasteiger charge is -2.17. The van der Waals surface area contributed by atoms with E-state index in [0.29, 0.717) is 0 Å². The summed E-state index contributed by atoms with van der Waals surface area (Å²) in [7, 11) is 0. The first kappa shape index (κ1) is 17.5. The van der Waals surface area contributed by atoms with Gasteiger partial charge in [-0.1, -0.05) is 6.42 Å². The largest absolute Gasteiger partial charge is 0.454 e. The quantitative estimate of drug-likeness (QED) is 0.413. The van der Waals surface area contributed by atoms with Crippen molar-refractivity contribution in [3.63, 3.8) is 0 Å². The highest BCUT2D eigenvalue weighted by molar-refractivity contribution is 5.91. The number of nitrogens with one attached hydrogen (secondary N) is 2. The molecule has 7 heteroatoms. The molecule has 30 heavy (non-hydrogen) atoms. The molecule has 0 saturated carbocycles. The number of unbranched alkanes of at least 4 members (excludes halogenated alkanes) is 1. The van der Waals surface area contributed by atoms with Gasteiger partial charge in [0, 0.05) is 58.9 Å². The molecule has 7 nitrogen and oxygen atoms in total. The summed E-state index contributed by atoms with van der Waals surface area (Å²) in [5.74, 6) is 3.25. The van der Waals surface area contributed by atoms with Gasteiger partial charge in [0.1, 0.15) is 0 Å². The number of fused-ring (bicyclic) bond motifs is 4. The Balaban J connectivity index is 1.49. The third kappa shape index (κ3) is 2.69. The van der Waals surface area contributed by atoms with E-state index in [1.54, 1.807) is 0 Å². The van der Waals surface area contributed by atoms with Crippen molar-refractivity contribution in [1.29, 1.82) is 0 Å². The first-order valence-corrected chi connectivity index (χ1v) is 10.2. The summed E-state index contributed by atoms with van der Waals surface area (Å²) in [6.07, 6.45) is 6.78. The SMILES string of the molecule is OCCCCC(c1c[nH]c2cc3c(cc12)OCO3)c1c[nH]c2cc3c(cc12)OCO3. The van der Waals surface area contributed by atoms with Crippen molar-refractivity contribution in [2.24, 2.45) is 0 Å². The molecule has 0 aliphatic carbocycles. The van der Waals surface area contributed by atoms with Crippen LogP contribution in [0.5, 0.6) is 23.0 Å². The Morgan fingerprint density at radius 2 is 1.23 bits per heavy atom. The molecule has 0 amide bonds. The van der Waals surface area contributed by atoms with Crippen LogP contribution < -0.4 is 18.9 Å². The summed E-state index contributed by atoms with van der Waals surface area (Å²) in [4.78, 5) is 6.80. The van der Waals surface area contributed by atoms with Crippen LogP contribution in [0.15, 0.2) is 36.7 Å². The zero-order valence-electron chi connectivity index (χ0n) is 16.4. The van der Waals surface area contributed by atoms with E-state index in [1.165, 1.54) is 11.1 Å². The van der Waals surface area contributed by atoms with E-state index < -0.39 is 0 Å². The maximum absolute atomic E-state index is 9.32. The maximum atomic E-state index is 9.32. The fourth-order valence-corrected chi connectivity index (χ4v) is 4.58. The fraction of sp³-hybridized carbons (Fsp3) is 0.304. The van der Waals surface area contributed by atoms with Gasteiger partial charge in [0.25, 0.3) is 0 Å². The molecule has 6 rings (SSSR count). The first-order chi connectivity index (χ1) is 14.8. The second kappa shape index (κ2) is 6.88. The topological polar surface area (TPSA) is 88.7 Å². The molecule has 0 unspecified atom stereocenters. The Morgan fingerprint density at radius 1 is 0.733 bits per heavy atom. The van der Waals surface area contributed by atoms with E-state index in [2.05, 4.69) is 34.5 Å². The molecule has 154 valence electrons. The molecule has 2 aliphatic heterocycles. The van der Waals surface area contributed by atoms with Gasteiger partial charge >= 0.3 is 0 Å². The van der Waals surface area contributed by atoms with E-state index in [4.69, 9.17) is 18.9 Å². The van der Waals surface area contributed by atoms with E-state index in [-0.39, 0.29) is 26.1 Å². The van der Waals surface area contributed by atoms with Crippen molar-refractivity contribution < 1.29 is 24.1 Å². The lowest BCUT2D eigenvalue weighted by atomic mass is 9.86. The summed E-state index contributed by atoms with van der Waals surface area (Å²) in [5.41, 5.74) is 4.47. The number of aromatic amines is 2. The van der Waals surface area contributed by atoms with Crippen molar-refractivity contribution in [3.8, 4) is 23.0 Å². The third-order valence-corrected chi connectivity index (χ3v) is 6.07. The van der Waals surface area contributed by atoms with Gasteiger partial charge in [0.15, 0.2) is 23.0 Å². The molecule has 0 radical (unpaired) electrons. The molecule has 2 aromatic carbocycles. The van der Waals surface area contributed by atoms with Crippen LogP contribution in [-0.4, -0.2) is 35.3 Å². The summed E-state index contributed by atoms with van der Waals surface area (Å²) in [5, 5.41) is 11.6. The minimum atomic E-state index is 0.153. The van der Waals surface area contributed by atoms with Crippen molar-refractivity contribution in [2.75, 3.05) is 20.2 Å². The lowest BCUT2D eigenvalue weighted by Crippen LogP contribution is -2.01. The Hall–Kier alpha value is -3.32. The van der Waals surface area contributed by atoms with Crippen molar-refractivity contribution >= 4 is 21.8 Å². The molecule has 0 fully saturated rings. The third-order valence-electron chi connectivity index (χ3n) is 6.07. The molecule has 3 N–H and O–H groups in total. The first-order valence-electron chi connectivity index (χ1n) is 10.2. The van der Waals surface area contributed by atoms with Crippen molar-refractivity contribution in [3.05, 3.63) is 47.8 Å². The minimum Gasteiger partial charge on any atom is -0.454 e. The predicted octanol–water partition coefficient (Wildman–Crippen LogP) is 4.40. The summed E-state index contributed by atoms with van der Waals surface area (Å²) in [6, 6.07) is 8.12. The highest BCUT2D eigenvalue weighted by atomic mass is 16.7. The van der Waals surface area contributed by atoms with E-state index >= 15 is 0 Å². The fourth-order valence-electron chi connectivity index (χ4n) is 4.58. The van der Waals surface area contributed by atoms with Crippen LogP contribution in [0.25, 0.3) is 21.8 Å². The molecule has 0 spiro atoms. The van der Waals surface area contributed by atoms with Gasteiger partial charge in [-0.15, -0.1) is 0 Å². The molecule has 0 saturated heterocycles. The van der Waals surface area contributed by atoms with Crippen molar-refractivity contribution in [2.45, 2.75) is 25.2 Å². The molecule has 0 bridgehead atoms. The number of aliphatic hydroxyl groups excluding tert-OH is 1. The van der Waals surface area contributed by atoms with Gasteiger partial charge in [-0.2, -0.15) is 0 Å². The maximum Gasteiger partial charge on any atom is 0.231 e. The highest BCUT2D eigenvalue weighted by Gasteiger charge is 2.25. The van der Waals surface area contributed by atoms with E-state index in [0.717, 1.165) is 64.1 Å². The second-order valence-electron chi connectivity index (χ2n) is 7.76. The number of hydrogen-bond acceptors (Lipinski definition) is 5. The van der Waals surface area contributed by atoms with Gasteiger partial charge in [-0.05, 0) is 36.1 Å². The van der Waals surface area contributed by atoms with E-state index in [9.17, 15) is 5.11 Å². The van der Waals surface area contributed by atoms with Crippen LogP contribution >= 0.6 is 0 Å². The second-order valence-corrected chi connectivity index (χ2v) is 7.76. The zero-order chi connectivity index (χ0) is 20.1. The number of hydrogen-bond donors (Lipinski definition) is 3. The minimum absolute atomic E-state index is 0.153. The molecule has 4 aromatic rings. The van der Waals surface area contributed by atoms with Crippen LogP contribution in [0.1, 0.15) is 36.3 Å². The number of ether oxygens (including phenoxy) is 4. The van der Waals surface area contributed by atoms with Gasteiger partial charge in [0.2, 0.25) is 13.6 Å². The molecular weight excluding hydrogens is 384 g/mol. The van der Waals surface area contributed by atoms with Gasteiger partial charge in [-0.3, -0.25) is 0 Å². The summed E-state index contributed by atoms with van der Waals surface area (Å²) in [6.45, 7) is 0.714. The number of aromatic nitrogens is 2. The smallest absolute Gasteiger partial charge is 0.231 e. The number of H-pyrrole nitrogens is 2. The molecule has 2 aliphatic rings. The predicted molar refractivity (Wildman–Crippen MR) is 112 cm³/mol. The Morgan fingerprint density at radius 3 is 1.73 bits per heavy atom. The van der Waals surface area contributed by atoms with E-state index in [1.807, 2.05) is 12.1 Å². The normalized spacial score (nSPS) is 14.5. The van der Waals surface area contributed by atoms with Crippen LogP contribution in [0.2, 0.25) is 0 Å². The van der Waals surface area contributed by atoms with Crippen molar-refractivity contribution in [1.82, 2.24) is 9.97 Å². The zero-order valence-corrected chi connectivity index (χ0v) is 16.4. The summed E-state index contributed by atoms with van der Waals surface area (Å²) >= 11 is 0. The van der Waals surface area contributed by atoms with Crippen LogP contribution in [0, 0.1) is 0 Å². The standard InChI is InChI=1S/C23H22N2O5/c26-4-2-1-3-13(16-9-24-18-7-22-20(5-14(16)18)27-11-29-22)17-10-25-19-8-23-21(6-15(17)19)28-12-30-23/h5-10,13,24-26H,1-4,11-12H2.